The molecule has 0 aliphatic carbocycles. The zero-order chi connectivity index (χ0) is 19.8. The molecule has 11 heteroatoms. The van der Waals surface area contributed by atoms with Crippen molar-refractivity contribution in [3.8, 4) is 5.75 Å². The van der Waals surface area contributed by atoms with Gasteiger partial charge < -0.3 is 8.92 Å². The molecular formula is C15H15F3N2O5S. The van der Waals surface area contributed by atoms with Crippen LogP contribution < -0.4 is 9.50 Å². The average Bonchev–Trinajstić information content (AvgIpc) is 2.43. The smallest absolute Gasteiger partial charge is 0.444 e. The van der Waals surface area contributed by atoms with Crippen LogP contribution in [0.5, 0.6) is 5.75 Å². The van der Waals surface area contributed by atoms with E-state index < -0.39 is 33.1 Å². The van der Waals surface area contributed by atoms with Crippen LogP contribution in [0.2, 0.25) is 0 Å². The van der Waals surface area contributed by atoms with Gasteiger partial charge in [-0.2, -0.15) is 21.6 Å². The lowest BCUT2D eigenvalue weighted by Crippen LogP contribution is -2.28. The summed E-state index contributed by atoms with van der Waals surface area (Å²) in [6.45, 7) is 5.03. The first-order valence-electron chi connectivity index (χ1n) is 7.17. The summed E-state index contributed by atoms with van der Waals surface area (Å²) in [7, 11) is -5.78. The maximum absolute atomic E-state index is 12.4. The number of anilines is 1. The Morgan fingerprint density at radius 2 is 1.81 bits per heavy atom. The molecule has 2 aromatic rings. The van der Waals surface area contributed by atoms with Crippen LogP contribution in [0.1, 0.15) is 20.8 Å². The third-order valence-corrected chi connectivity index (χ3v) is 3.77. The molecule has 2 rings (SSSR count). The van der Waals surface area contributed by atoms with E-state index in [1.165, 1.54) is 18.3 Å². The Bertz CT molecular complexity index is 936. The summed E-state index contributed by atoms with van der Waals surface area (Å²) in [6, 6.07) is 4.78. The first kappa shape index (κ1) is 19.8. The molecule has 0 unspecified atom stereocenters. The van der Waals surface area contributed by atoms with E-state index in [4.69, 9.17) is 4.74 Å². The molecule has 0 radical (unpaired) electrons. The van der Waals surface area contributed by atoms with Gasteiger partial charge in [0, 0.05) is 5.39 Å². The number of carbonyl (C=O) groups is 1. The van der Waals surface area contributed by atoms with E-state index in [9.17, 15) is 26.4 Å². The monoisotopic (exact) mass is 392 g/mol. The van der Waals surface area contributed by atoms with Crippen LogP contribution in [0.4, 0.5) is 23.7 Å². The van der Waals surface area contributed by atoms with E-state index in [1.54, 1.807) is 20.8 Å². The number of aromatic nitrogens is 1. The number of carbonyl (C=O) groups excluding carboxylic acids is 1. The number of rotatable bonds is 3. The van der Waals surface area contributed by atoms with Crippen molar-refractivity contribution in [3.63, 3.8) is 0 Å². The fourth-order valence-corrected chi connectivity index (χ4v) is 2.28. The second kappa shape index (κ2) is 6.63. The van der Waals surface area contributed by atoms with Gasteiger partial charge in [0.25, 0.3) is 0 Å². The second-order valence-corrected chi connectivity index (χ2v) is 7.73. The molecule has 0 fully saturated rings. The van der Waals surface area contributed by atoms with Crippen molar-refractivity contribution in [2.75, 3.05) is 5.32 Å². The number of hydrogen-bond acceptors (Lipinski definition) is 6. The van der Waals surface area contributed by atoms with Crippen LogP contribution in [0.15, 0.2) is 30.5 Å². The normalized spacial score (nSPS) is 12.7. The summed E-state index contributed by atoms with van der Waals surface area (Å²) in [6.07, 6.45) is 0.574. The summed E-state index contributed by atoms with van der Waals surface area (Å²) >= 11 is 0. The number of ether oxygens (including phenoxy) is 1. The van der Waals surface area contributed by atoms with Gasteiger partial charge in [0.1, 0.15) is 11.4 Å². The molecule has 1 heterocycles. The summed E-state index contributed by atoms with van der Waals surface area (Å²) in [5.41, 5.74) is -5.69. The van der Waals surface area contributed by atoms with Crippen molar-refractivity contribution in [1.82, 2.24) is 4.98 Å². The first-order chi connectivity index (χ1) is 11.8. The standard InChI is InChI=1S/C15H15F3N2O5S/c1-14(2,3)24-13(21)20-10-6-9-7-11(4-5-12(9)19-8-10)25-26(22,23)15(16,17)18/h4-8H,1-3H3,(H,20,21). The van der Waals surface area contributed by atoms with Gasteiger partial charge in [0.2, 0.25) is 0 Å². The Kier molecular flexibility index (Phi) is 5.04. The van der Waals surface area contributed by atoms with Crippen molar-refractivity contribution in [1.29, 1.82) is 0 Å². The number of benzene rings is 1. The van der Waals surface area contributed by atoms with E-state index in [-0.39, 0.29) is 11.1 Å². The van der Waals surface area contributed by atoms with E-state index in [1.807, 2.05) is 0 Å². The number of nitrogens with one attached hydrogen (secondary N) is 1. The Morgan fingerprint density at radius 3 is 2.38 bits per heavy atom. The number of amides is 1. The lowest BCUT2D eigenvalue weighted by Gasteiger charge is -2.19. The zero-order valence-electron chi connectivity index (χ0n) is 13.9. The summed E-state index contributed by atoms with van der Waals surface area (Å²) in [4.78, 5) is 15.8. The van der Waals surface area contributed by atoms with Crippen molar-refractivity contribution >= 4 is 32.8 Å². The quantitative estimate of drug-likeness (QED) is 0.631. The van der Waals surface area contributed by atoms with E-state index >= 15 is 0 Å². The van der Waals surface area contributed by atoms with Gasteiger partial charge in [0.05, 0.1) is 17.4 Å². The van der Waals surface area contributed by atoms with Crippen LogP contribution >= 0.6 is 0 Å². The van der Waals surface area contributed by atoms with Crippen LogP contribution in [0, 0.1) is 0 Å². The Morgan fingerprint density at radius 1 is 1.15 bits per heavy atom. The molecule has 0 saturated heterocycles. The molecule has 1 N–H and O–H groups in total. The molecule has 0 atom stereocenters. The Hall–Kier alpha value is -2.56. The van der Waals surface area contributed by atoms with E-state index in [2.05, 4.69) is 14.5 Å². The van der Waals surface area contributed by atoms with Crippen molar-refractivity contribution in [2.24, 2.45) is 0 Å². The van der Waals surface area contributed by atoms with Crippen molar-refractivity contribution < 1.29 is 35.3 Å². The molecule has 1 aromatic carbocycles. The largest absolute Gasteiger partial charge is 0.534 e. The third-order valence-electron chi connectivity index (χ3n) is 2.79. The molecule has 7 nitrogen and oxygen atoms in total. The number of hydrogen-bond donors (Lipinski definition) is 1. The molecular weight excluding hydrogens is 377 g/mol. The fraction of sp³-hybridized carbons (Fsp3) is 0.333. The van der Waals surface area contributed by atoms with Gasteiger partial charge in [-0.1, -0.05) is 0 Å². The predicted octanol–water partition coefficient (Wildman–Crippen LogP) is 3.81. The minimum Gasteiger partial charge on any atom is -0.444 e. The van der Waals surface area contributed by atoms with Gasteiger partial charge in [-0.15, -0.1) is 0 Å². The first-order valence-corrected chi connectivity index (χ1v) is 8.58. The summed E-state index contributed by atoms with van der Waals surface area (Å²) < 4.78 is 68.4. The van der Waals surface area contributed by atoms with Crippen molar-refractivity contribution in [2.45, 2.75) is 31.9 Å². The number of nitrogens with zero attached hydrogens (tertiary/aromatic N) is 1. The lowest BCUT2D eigenvalue weighted by molar-refractivity contribution is -0.0500. The molecule has 142 valence electrons. The topological polar surface area (TPSA) is 94.6 Å². The fourth-order valence-electron chi connectivity index (χ4n) is 1.83. The molecule has 0 bridgehead atoms. The third kappa shape index (κ3) is 4.97. The molecule has 1 amide bonds. The zero-order valence-corrected chi connectivity index (χ0v) is 14.7. The van der Waals surface area contributed by atoms with Crippen LogP contribution in [0.3, 0.4) is 0 Å². The van der Waals surface area contributed by atoms with Gasteiger partial charge in [0.15, 0.2) is 0 Å². The van der Waals surface area contributed by atoms with Gasteiger partial charge in [-0.05, 0) is 45.0 Å². The Labute approximate surface area is 147 Å². The van der Waals surface area contributed by atoms with Gasteiger partial charge in [-0.25, -0.2) is 4.79 Å². The molecule has 0 aliphatic rings. The molecule has 0 spiro atoms. The number of fused-ring (bicyclic) bond motifs is 1. The Balaban J connectivity index is 2.27. The predicted molar refractivity (Wildman–Crippen MR) is 87.2 cm³/mol. The van der Waals surface area contributed by atoms with Crippen LogP contribution in [-0.4, -0.2) is 30.6 Å². The highest BCUT2D eigenvalue weighted by Crippen LogP contribution is 2.29. The number of alkyl halides is 3. The number of pyridine rings is 1. The SMILES string of the molecule is CC(C)(C)OC(=O)Nc1cnc2ccc(OS(=O)(=O)C(F)(F)F)cc2c1. The van der Waals surface area contributed by atoms with E-state index in [0.717, 1.165) is 12.1 Å². The highest BCUT2D eigenvalue weighted by molar-refractivity contribution is 7.88. The van der Waals surface area contributed by atoms with Crippen molar-refractivity contribution in [3.05, 3.63) is 30.5 Å². The van der Waals surface area contributed by atoms with E-state index in [0.29, 0.717) is 5.52 Å². The summed E-state index contributed by atoms with van der Waals surface area (Å²) in [5.74, 6) is -0.536. The molecule has 0 saturated carbocycles. The highest BCUT2D eigenvalue weighted by atomic mass is 32.2. The van der Waals surface area contributed by atoms with Crippen LogP contribution in [0.25, 0.3) is 10.9 Å². The maximum atomic E-state index is 12.4. The minimum absolute atomic E-state index is 0.211. The second-order valence-electron chi connectivity index (χ2n) is 6.19. The summed E-state index contributed by atoms with van der Waals surface area (Å²) in [5, 5.41) is 2.68. The highest BCUT2D eigenvalue weighted by Gasteiger charge is 2.48. The molecule has 26 heavy (non-hydrogen) atoms. The minimum atomic E-state index is -5.78. The number of halogens is 3. The molecule has 1 aromatic heterocycles. The maximum Gasteiger partial charge on any atom is 0.534 e. The van der Waals surface area contributed by atoms with Crippen LogP contribution in [-0.2, 0) is 14.9 Å². The molecule has 0 aliphatic heterocycles. The lowest BCUT2D eigenvalue weighted by atomic mass is 10.2. The average molecular weight is 392 g/mol. The van der Waals surface area contributed by atoms with Gasteiger partial charge in [-0.3, -0.25) is 10.3 Å². The van der Waals surface area contributed by atoms with Gasteiger partial charge >= 0.3 is 21.7 Å².